The summed E-state index contributed by atoms with van der Waals surface area (Å²) in [5.41, 5.74) is -0.667. The molecule has 92 valence electrons. The van der Waals surface area contributed by atoms with E-state index >= 15 is 0 Å². The van der Waals surface area contributed by atoms with E-state index in [1.807, 2.05) is 0 Å². The molecule has 0 heterocycles. The van der Waals surface area contributed by atoms with Crippen LogP contribution in [-0.2, 0) is 0 Å². The first-order valence-corrected chi connectivity index (χ1v) is 9.99. The van der Waals surface area contributed by atoms with E-state index in [0.29, 0.717) is 15.7 Å². The minimum atomic E-state index is -1.08. The van der Waals surface area contributed by atoms with E-state index in [1.54, 1.807) is 0 Å². The zero-order valence-electron chi connectivity index (χ0n) is 12.1. The van der Waals surface area contributed by atoms with E-state index in [4.69, 9.17) is 0 Å². The molecule has 0 fully saturated rings. The van der Waals surface area contributed by atoms with Gasteiger partial charge in [0, 0.05) is 0 Å². The van der Waals surface area contributed by atoms with Crippen LogP contribution < -0.4 is 0 Å². The van der Waals surface area contributed by atoms with Crippen LogP contribution in [0.5, 0.6) is 0 Å². The van der Waals surface area contributed by atoms with Gasteiger partial charge in [-0.1, -0.05) is 0 Å². The van der Waals surface area contributed by atoms with Gasteiger partial charge in [-0.05, 0) is 0 Å². The Morgan fingerprint density at radius 1 is 0.733 bits per heavy atom. The molecule has 2 heteroatoms. The fourth-order valence-corrected chi connectivity index (χ4v) is 8.88. The molecule has 0 unspecified atom stereocenters. The number of hydrogen-bond donors (Lipinski definition) is 0. The van der Waals surface area contributed by atoms with E-state index in [2.05, 4.69) is 77.4 Å². The molecule has 0 aromatic heterocycles. The third kappa shape index (κ3) is 4.03. The van der Waals surface area contributed by atoms with Crippen molar-refractivity contribution in [1.29, 1.82) is 0 Å². The normalized spacial score (nSPS) is 15.5. The summed E-state index contributed by atoms with van der Waals surface area (Å²) < 4.78 is 0. The Morgan fingerprint density at radius 3 is 1.07 bits per heavy atom. The van der Waals surface area contributed by atoms with Gasteiger partial charge in [0.25, 0.3) is 0 Å². The van der Waals surface area contributed by atoms with Crippen LogP contribution in [0.15, 0.2) is 0 Å². The number of rotatable bonds is 1. The molecule has 0 aliphatic carbocycles. The molecule has 0 amide bonds. The van der Waals surface area contributed by atoms with E-state index in [0.717, 1.165) is 0 Å². The summed E-state index contributed by atoms with van der Waals surface area (Å²) in [5.74, 6) is 0. The Labute approximate surface area is 105 Å². The third-order valence-electron chi connectivity index (χ3n) is 2.86. The standard InChI is InChI=1S/C13H29PSe/c1-11(2,3)10-14(15,12(4,5)6)13(7,8)9/h10H2,1-9H3. The van der Waals surface area contributed by atoms with Crippen molar-refractivity contribution in [3.05, 3.63) is 0 Å². The Hall–Kier alpha value is 0.949. The maximum absolute atomic E-state index is 3.64. The molecule has 0 saturated heterocycles. The summed E-state index contributed by atoms with van der Waals surface area (Å²) in [6.45, 7) is 21.5. The SMILES string of the molecule is CC(C)(C)CP(=[Se])(C(C)(C)C)C(C)(C)C. The van der Waals surface area contributed by atoms with Gasteiger partial charge in [-0.2, -0.15) is 0 Å². The van der Waals surface area contributed by atoms with Crippen molar-refractivity contribution in [1.82, 2.24) is 0 Å². The second kappa shape index (κ2) is 4.32. The first-order chi connectivity index (χ1) is 6.21. The van der Waals surface area contributed by atoms with Crippen molar-refractivity contribution in [2.75, 3.05) is 6.16 Å². The summed E-state index contributed by atoms with van der Waals surface area (Å²) in [6.07, 6.45) is 1.33. The van der Waals surface area contributed by atoms with E-state index in [9.17, 15) is 0 Å². The van der Waals surface area contributed by atoms with Gasteiger partial charge in [-0.25, -0.2) is 0 Å². The zero-order chi connectivity index (χ0) is 12.7. The Bertz CT molecular complexity index is 240. The molecule has 0 nitrogen and oxygen atoms in total. The summed E-state index contributed by atoms with van der Waals surface area (Å²) >= 11 is 3.64. The molecule has 0 radical (unpaired) electrons. The topological polar surface area (TPSA) is 0 Å². The molecule has 0 spiro atoms. The molecule has 0 rings (SSSR count). The molecule has 0 N–H and O–H groups in total. The van der Waals surface area contributed by atoms with Gasteiger partial charge in [0.2, 0.25) is 0 Å². The van der Waals surface area contributed by atoms with Crippen LogP contribution in [-0.4, -0.2) is 31.6 Å². The van der Waals surface area contributed by atoms with E-state index in [-0.39, 0.29) is 0 Å². The fourth-order valence-electron chi connectivity index (χ4n) is 2.15. The predicted molar refractivity (Wildman–Crippen MR) is 76.5 cm³/mol. The molecule has 0 aliphatic rings. The summed E-state index contributed by atoms with van der Waals surface area (Å²) in [7, 11) is 0. The molecule has 0 aromatic rings. The second-order valence-electron chi connectivity index (χ2n) is 7.80. The van der Waals surface area contributed by atoms with Crippen LogP contribution in [0.2, 0.25) is 0 Å². The van der Waals surface area contributed by atoms with Crippen LogP contribution in [0.1, 0.15) is 62.3 Å². The van der Waals surface area contributed by atoms with Crippen molar-refractivity contribution >= 4 is 20.6 Å². The molecular formula is C13H29PSe. The maximum atomic E-state index is 3.64. The quantitative estimate of drug-likeness (QED) is 0.484. The Kier molecular flexibility index (Phi) is 4.59. The van der Waals surface area contributed by atoms with Gasteiger partial charge in [0.05, 0.1) is 0 Å². The fraction of sp³-hybridized carbons (Fsp3) is 1.00. The monoisotopic (exact) mass is 296 g/mol. The predicted octanol–water partition coefficient (Wildman–Crippen LogP) is 4.73. The molecule has 15 heavy (non-hydrogen) atoms. The van der Waals surface area contributed by atoms with Gasteiger partial charge < -0.3 is 0 Å². The average molecular weight is 295 g/mol. The van der Waals surface area contributed by atoms with Gasteiger partial charge in [0.1, 0.15) is 0 Å². The second-order valence-corrected chi connectivity index (χ2v) is 16.2. The van der Waals surface area contributed by atoms with Crippen molar-refractivity contribution in [2.45, 2.75) is 72.6 Å². The van der Waals surface area contributed by atoms with Gasteiger partial charge >= 0.3 is 105 Å². The third-order valence-corrected chi connectivity index (χ3v) is 16.3. The molecule has 0 bridgehead atoms. The van der Waals surface area contributed by atoms with E-state index < -0.39 is 5.51 Å². The van der Waals surface area contributed by atoms with Crippen LogP contribution in [0.3, 0.4) is 0 Å². The minimum absolute atomic E-state index is 0.401. The van der Waals surface area contributed by atoms with Crippen molar-refractivity contribution < 1.29 is 0 Å². The average Bonchev–Trinajstić information content (AvgIpc) is 1.77. The van der Waals surface area contributed by atoms with Gasteiger partial charge in [-0.15, -0.1) is 0 Å². The van der Waals surface area contributed by atoms with Gasteiger partial charge in [0.15, 0.2) is 0 Å². The van der Waals surface area contributed by atoms with Crippen LogP contribution in [0, 0.1) is 5.41 Å². The van der Waals surface area contributed by atoms with E-state index in [1.165, 1.54) is 6.16 Å². The molecular weight excluding hydrogens is 266 g/mol. The molecule has 0 atom stereocenters. The summed E-state index contributed by atoms with van der Waals surface area (Å²) in [6, 6.07) is 0. The number of hydrogen-bond acceptors (Lipinski definition) is 0. The van der Waals surface area contributed by atoms with Crippen LogP contribution in [0.25, 0.3) is 0 Å². The van der Waals surface area contributed by atoms with Crippen molar-refractivity contribution in [3.63, 3.8) is 0 Å². The van der Waals surface area contributed by atoms with Crippen molar-refractivity contribution in [2.24, 2.45) is 5.41 Å². The summed E-state index contributed by atoms with van der Waals surface area (Å²) in [5, 5.41) is 0.803. The zero-order valence-corrected chi connectivity index (χ0v) is 14.7. The van der Waals surface area contributed by atoms with Crippen LogP contribution in [0.4, 0.5) is 0 Å². The molecule has 0 saturated carbocycles. The molecule has 0 aromatic carbocycles. The first kappa shape index (κ1) is 15.9. The summed E-state index contributed by atoms with van der Waals surface area (Å²) in [4.78, 5) is 0. The van der Waals surface area contributed by atoms with Crippen LogP contribution >= 0.6 is 5.51 Å². The van der Waals surface area contributed by atoms with Gasteiger partial charge in [-0.3, -0.25) is 0 Å². The Morgan fingerprint density at radius 2 is 1.00 bits per heavy atom. The first-order valence-electron chi connectivity index (χ1n) is 5.80. The molecule has 0 aliphatic heterocycles. The van der Waals surface area contributed by atoms with Crippen molar-refractivity contribution in [3.8, 4) is 0 Å². The Balaban J connectivity index is 5.37.